The second-order valence-electron chi connectivity index (χ2n) is 6.25. The molecule has 0 amide bonds. The zero-order valence-corrected chi connectivity index (χ0v) is 13.4. The highest BCUT2D eigenvalue weighted by atomic mass is 15.2. The number of hydrogen-bond acceptors (Lipinski definition) is 1. The van der Waals surface area contributed by atoms with Crippen LogP contribution >= 0.6 is 0 Å². The predicted octanol–water partition coefficient (Wildman–Crippen LogP) is 5.62. The number of fused-ring (bicyclic) bond motifs is 5. The topological polar surface area (TPSA) is 17.3 Å². The summed E-state index contributed by atoms with van der Waals surface area (Å²) in [5, 5.41) is 8.36. The normalized spacial score (nSPS) is 11.5. The minimum Gasteiger partial charge on any atom is -0.232 e. The quantitative estimate of drug-likeness (QED) is 0.393. The maximum absolute atomic E-state index is 4.72. The lowest BCUT2D eigenvalue weighted by Gasteiger charge is -2.05. The smallest absolute Gasteiger partial charge is 0.0816 e. The lowest BCUT2D eigenvalue weighted by molar-refractivity contribution is 0.988. The molecule has 5 rings (SSSR count). The van der Waals surface area contributed by atoms with Gasteiger partial charge in [0, 0.05) is 21.7 Å². The Bertz CT molecular complexity index is 1200. The molecule has 0 bridgehead atoms. The molecule has 0 spiro atoms. The molecule has 0 fully saturated rings. The van der Waals surface area contributed by atoms with Gasteiger partial charge >= 0.3 is 0 Å². The second-order valence-corrected chi connectivity index (χ2v) is 6.25. The van der Waals surface area contributed by atoms with E-state index in [4.69, 9.17) is 5.10 Å². The first-order valence-electron chi connectivity index (χ1n) is 8.17. The SMILES string of the molecule is Cc1ccc(-c2c3ccccc3n3ncc4ccccc4c23)cc1. The first-order valence-corrected chi connectivity index (χ1v) is 8.17. The number of rotatable bonds is 1. The Labute approximate surface area is 140 Å². The molecule has 0 saturated carbocycles. The second kappa shape index (κ2) is 4.93. The molecule has 0 unspecified atom stereocenters. The van der Waals surface area contributed by atoms with Gasteiger partial charge in [-0.15, -0.1) is 0 Å². The van der Waals surface area contributed by atoms with Crippen LogP contribution in [-0.4, -0.2) is 9.61 Å². The van der Waals surface area contributed by atoms with Gasteiger partial charge in [-0.2, -0.15) is 5.10 Å². The van der Waals surface area contributed by atoms with Crippen LogP contribution in [0.1, 0.15) is 5.56 Å². The third-order valence-electron chi connectivity index (χ3n) is 4.72. The lowest BCUT2D eigenvalue weighted by Crippen LogP contribution is -1.91. The van der Waals surface area contributed by atoms with E-state index in [-0.39, 0.29) is 0 Å². The Morgan fingerprint density at radius 1 is 0.750 bits per heavy atom. The largest absolute Gasteiger partial charge is 0.232 e. The third-order valence-corrected chi connectivity index (χ3v) is 4.72. The molecular formula is C22H16N2. The van der Waals surface area contributed by atoms with E-state index in [9.17, 15) is 0 Å². The van der Waals surface area contributed by atoms with Crippen molar-refractivity contribution >= 4 is 27.2 Å². The first kappa shape index (κ1) is 13.3. The van der Waals surface area contributed by atoms with Gasteiger partial charge in [-0.1, -0.05) is 72.3 Å². The Balaban J connectivity index is 2.05. The molecule has 0 saturated heterocycles. The van der Waals surface area contributed by atoms with Gasteiger partial charge in [0.25, 0.3) is 0 Å². The van der Waals surface area contributed by atoms with Crippen LogP contribution in [0.25, 0.3) is 38.3 Å². The van der Waals surface area contributed by atoms with Crippen molar-refractivity contribution in [2.75, 3.05) is 0 Å². The van der Waals surface area contributed by atoms with Gasteiger partial charge in [-0.25, -0.2) is 4.52 Å². The van der Waals surface area contributed by atoms with Crippen molar-refractivity contribution in [3.63, 3.8) is 0 Å². The molecule has 0 aliphatic rings. The Kier molecular flexibility index (Phi) is 2.74. The summed E-state index contributed by atoms with van der Waals surface area (Å²) in [4.78, 5) is 0. The summed E-state index contributed by atoms with van der Waals surface area (Å²) < 4.78 is 2.08. The van der Waals surface area contributed by atoms with E-state index in [0.717, 1.165) is 5.52 Å². The number of hydrogen-bond donors (Lipinski definition) is 0. The fourth-order valence-corrected chi connectivity index (χ4v) is 3.55. The van der Waals surface area contributed by atoms with Crippen molar-refractivity contribution in [1.82, 2.24) is 9.61 Å². The molecule has 0 aliphatic heterocycles. The number of benzene rings is 3. The molecule has 0 radical (unpaired) electrons. The van der Waals surface area contributed by atoms with Crippen LogP contribution in [0.5, 0.6) is 0 Å². The van der Waals surface area contributed by atoms with Crippen LogP contribution in [-0.2, 0) is 0 Å². The van der Waals surface area contributed by atoms with Gasteiger partial charge in [0.1, 0.15) is 0 Å². The molecule has 2 heterocycles. The van der Waals surface area contributed by atoms with E-state index < -0.39 is 0 Å². The molecule has 0 aliphatic carbocycles. The van der Waals surface area contributed by atoms with E-state index in [1.807, 2.05) is 6.20 Å². The molecule has 2 heteroatoms. The summed E-state index contributed by atoms with van der Waals surface area (Å²) in [6.07, 6.45) is 1.95. The van der Waals surface area contributed by atoms with Gasteiger partial charge < -0.3 is 0 Å². The standard InChI is InChI=1S/C22H16N2/c1-15-10-12-16(13-11-15)21-19-8-4-5-9-20(19)24-22(21)18-7-3-2-6-17(18)14-23-24/h2-14H,1H3. The summed E-state index contributed by atoms with van der Waals surface area (Å²) >= 11 is 0. The summed E-state index contributed by atoms with van der Waals surface area (Å²) in [6, 6.07) is 25.7. The van der Waals surface area contributed by atoms with Crippen molar-refractivity contribution in [2.45, 2.75) is 6.92 Å². The van der Waals surface area contributed by atoms with Gasteiger partial charge in [-0.05, 0) is 18.6 Å². The zero-order chi connectivity index (χ0) is 16.1. The number of aryl methyl sites for hydroxylation is 1. The fourth-order valence-electron chi connectivity index (χ4n) is 3.55. The van der Waals surface area contributed by atoms with Crippen molar-refractivity contribution in [3.8, 4) is 11.1 Å². The molecule has 3 aromatic carbocycles. The molecular weight excluding hydrogens is 292 g/mol. The Morgan fingerprint density at radius 2 is 1.46 bits per heavy atom. The van der Waals surface area contributed by atoms with E-state index in [1.165, 1.54) is 38.4 Å². The van der Waals surface area contributed by atoms with Crippen molar-refractivity contribution in [3.05, 3.63) is 84.6 Å². The molecule has 0 N–H and O–H groups in total. The van der Waals surface area contributed by atoms with Crippen LogP contribution in [0, 0.1) is 6.92 Å². The van der Waals surface area contributed by atoms with Crippen molar-refractivity contribution < 1.29 is 0 Å². The highest BCUT2D eigenvalue weighted by Gasteiger charge is 2.16. The van der Waals surface area contributed by atoms with Crippen LogP contribution in [0.2, 0.25) is 0 Å². The Morgan fingerprint density at radius 3 is 2.29 bits per heavy atom. The average Bonchev–Trinajstić information content (AvgIpc) is 2.97. The van der Waals surface area contributed by atoms with Crippen molar-refractivity contribution in [1.29, 1.82) is 0 Å². The predicted molar refractivity (Wildman–Crippen MR) is 100 cm³/mol. The van der Waals surface area contributed by atoms with Crippen LogP contribution in [0.15, 0.2) is 79.0 Å². The number of para-hydroxylation sites is 1. The molecule has 0 atom stereocenters. The van der Waals surface area contributed by atoms with Gasteiger partial charge in [-0.3, -0.25) is 0 Å². The maximum Gasteiger partial charge on any atom is 0.0816 e. The highest BCUT2D eigenvalue weighted by molar-refractivity contribution is 6.13. The summed E-state index contributed by atoms with van der Waals surface area (Å²) in [6.45, 7) is 2.12. The molecule has 24 heavy (non-hydrogen) atoms. The highest BCUT2D eigenvalue weighted by Crippen LogP contribution is 2.38. The molecule has 2 aromatic heterocycles. The maximum atomic E-state index is 4.72. The Hall–Kier alpha value is -3.13. The molecule has 5 aromatic rings. The van der Waals surface area contributed by atoms with E-state index in [0.29, 0.717) is 0 Å². The van der Waals surface area contributed by atoms with Gasteiger partial charge in [0.15, 0.2) is 0 Å². The van der Waals surface area contributed by atoms with Crippen LogP contribution < -0.4 is 0 Å². The van der Waals surface area contributed by atoms with E-state index in [1.54, 1.807) is 0 Å². The van der Waals surface area contributed by atoms with E-state index in [2.05, 4.69) is 84.2 Å². The molecule has 114 valence electrons. The lowest BCUT2D eigenvalue weighted by atomic mass is 10.00. The zero-order valence-electron chi connectivity index (χ0n) is 13.4. The average molecular weight is 308 g/mol. The minimum absolute atomic E-state index is 1.15. The first-order chi connectivity index (χ1) is 11.8. The van der Waals surface area contributed by atoms with Gasteiger partial charge in [0.05, 0.1) is 17.2 Å². The van der Waals surface area contributed by atoms with Crippen LogP contribution in [0.3, 0.4) is 0 Å². The third kappa shape index (κ3) is 1.80. The summed E-state index contributed by atoms with van der Waals surface area (Å²) in [7, 11) is 0. The number of nitrogens with zero attached hydrogens (tertiary/aromatic N) is 2. The fraction of sp³-hybridized carbons (Fsp3) is 0.0455. The number of aromatic nitrogens is 2. The van der Waals surface area contributed by atoms with E-state index >= 15 is 0 Å². The van der Waals surface area contributed by atoms with Crippen LogP contribution in [0.4, 0.5) is 0 Å². The summed E-state index contributed by atoms with van der Waals surface area (Å²) in [5.74, 6) is 0. The molecule has 2 nitrogen and oxygen atoms in total. The summed E-state index contributed by atoms with van der Waals surface area (Å²) in [5.41, 5.74) is 6.09. The van der Waals surface area contributed by atoms with Crippen molar-refractivity contribution in [2.24, 2.45) is 0 Å². The minimum atomic E-state index is 1.15. The monoisotopic (exact) mass is 308 g/mol. The van der Waals surface area contributed by atoms with Gasteiger partial charge in [0.2, 0.25) is 0 Å².